The van der Waals surface area contributed by atoms with Gasteiger partial charge in [-0.15, -0.1) is 0 Å². The standard InChI is InChI=1S/C11H12N2O2/c1-8-3-2-4-10(11(8)12)14-6-9-5-13-15-7-9/h2-5,7H,6,12H2,1H3. The maximum Gasteiger partial charge on any atom is 0.142 e. The largest absolute Gasteiger partial charge is 0.487 e. The van der Waals surface area contributed by atoms with Crippen LogP contribution in [0.3, 0.4) is 0 Å². The van der Waals surface area contributed by atoms with Gasteiger partial charge in [0.1, 0.15) is 18.6 Å². The molecule has 78 valence electrons. The van der Waals surface area contributed by atoms with Crippen molar-refractivity contribution >= 4 is 5.69 Å². The number of aromatic nitrogens is 1. The van der Waals surface area contributed by atoms with Crippen molar-refractivity contribution in [3.63, 3.8) is 0 Å². The van der Waals surface area contributed by atoms with Crippen molar-refractivity contribution in [3.8, 4) is 5.75 Å². The number of hydrogen-bond donors (Lipinski definition) is 1. The Hall–Kier alpha value is -1.97. The highest BCUT2D eigenvalue weighted by Gasteiger charge is 2.03. The van der Waals surface area contributed by atoms with Gasteiger partial charge in [0.05, 0.1) is 11.9 Å². The van der Waals surface area contributed by atoms with E-state index >= 15 is 0 Å². The fourth-order valence-electron chi connectivity index (χ4n) is 1.24. The first-order valence-electron chi connectivity index (χ1n) is 4.63. The summed E-state index contributed by atoms with van der Waals surface area (Å²) >= 11 is 0. The molecule has 15 heavy (non-hydrogen) atoms. The van der Waals surface area contributed by atoms with Crippen LogP contribution in [0.4, 0.5) is 5.69 Å². The fraction of sp³-hybridized carbons (Fsp3) is 0.182. The second-order valence-corrected chi connectivity index (χ2v) is 3.31. The van der Waals surface area contributed by atoms with Crippen molar-refractivity contribution in [2.24, 2.45) is 0 Å². The molecule has 0 aliphatic carbocycles. The van der Waals surface area contributed by atoms with E-state index < -0.39 is 0 Å². The Morgan fingerprint density at radius 2 is 2.33 bits per heavy atom. The Morgan fingerprint density at radius 3 is 3.07 bits per heavy atom. The summed E-state index contributed by atoms with van der Waals surface area (Å²) in [5.74, 6) is 0.691. The highest BCUT2D eigenvalue weighted by atomic mass is 16.5. The van der Waals surface area contributed by atoms with Gasteiger partial charge in [0.2, 0.25) is 0 Å². The highest BCUT2D eigenvalue weighted by molar-refractivity contribution is 5.57. The third-order valence-corrected chi connectivity index (χ3v) is 2.16. The predicted molar refractivity (Wildman–Crippen MR) is 56.4 cm³/mol. The molecule has 0 atom stereocenters. The SMILES string of the molecule is Cc1cccc(OCc2cnoc2)c1N. The van der Waals surface area contributed by atoms with Crippen LogP contribution in [-0.2, 0) is 6.61 Å². The molecule has 0 aliphatic rings. The van der Waals surface area contributed by atoms with E-state index in [0.717, 1.165) is 11.1 Å². The smallest absolute Gasteiger partial charge is 0.142 e. The number of nitrogens with two attached hydrogens (primary N) is 1. The molecule has 0 saturated heterocycles. The summed E-state index contributed by atoms with van der Waals surface area (Å²) in [5, 5.41) is 3.59. The van der Waals surface area contributed by atoms with Gasteiger partial charge in [-0.3, -0.25) is 0 Å². The number of benzene rings is 1. The van der Waals surface area contributed by atoms with E-state index in [4.69, 9.17) is 15.0 Å². The van der Waals surface area contributed by atoms with Crippen molar-refractivity contribution in [1.82, 2.24) is 5.16 Å². The van der Waals surface area contributed by atoms with Crippen molar-refractivity contribution in [2.75, 3.05) is 5.73 Å². The van der Waals surface area contributed by atoms with Crippen LogP contribution in [0.15, 0.2) is 35.2 Å². The Morgan fingerprint density at radius 1 is 1.47 bits per heavy atom. The minimum Gasteiger partial charge on any atom is -0.487 e. The molecular formula is C11H12N2O2. The molecule has 1 heterocycles. The average molecular weight is 204 g/mol. The number of nitrogen functional groups attached to an aromatic ring is 1. The molecule has 0 amide bonds. The maximum atomic E-state index is 5.86. The minimum absolute atomic E-state index is 0.414. The summed E-state index contributed by atoms with van der Waals surface area (Å²) in [6.45, 7) is 2.36. The summed E-state index contributed by atoms with van der Waals surface area (Å²) < 4.78 is 10.2. The van der Waals surface area contributed by atoms with Crippen molar-refractivity contribution in [1.29, 1.82) is 0 Å². The Bertz CT molecular complexity index is 438. The molecule has 4 nitrogen and oxygen atoms in total. The molecule has 4 heteroatoms. The van der Waals surface area contributed by atoms with Gasteiger partial charge in [-0.1, -0.05) is 17.3 Å². The van der Waals surface area contributed by atoms with E-state index in [9.17, 15) is 0 Å². The van der Waals surface area contributed by atoms with Crippen LogP contribution in [0.25, 0.3) is 0 Å². The van der Waals surface area contributed by atoms with E-state index in [1.807, 2.05) is 25.1 Å². The van der Waals surface area contributed by atoms with Crippen LogP contribution in [0.1, 0.15) is 11.1 Å². The normalized spacial score (nSPS) is 10.2. The molecule has 0 bridgehead atoms. The average Bonchev–Trinajstić information content (AvgIpc) is 2.73. The number of nitrogens with zero attached hydrogens (tertiary/aromatic N) is 1. The summed E-state index contributed by atoms with van der Waals surface area (Å²) in [7, 11) is 0. The monoisotopic (exact) mass is 204 g/mol. The van der Waals surface area contributed by atoms with Crippen LogP contribution in [0.5, 0.6) is 5.75 Å². The van der Waals surface area contributed by atoms with Crippen LogP contribution >= 0.6 is 0 Å². The zero-order valence-corrected chi connectivity index (χ0v) is 8.43. The fourth-order valence-corrected chi connectivity index (χ4v) is 1.24. The number of hydrogen-bond acceptors (Lipinski definition) is 4. The first-order chi connectivity index (χ1) is 7.27. The minimum atomic E-state index is 0.414. The first-order valence-corrected chi connectivity index (χ1v) is 4.63. The summed E-state index contributed by atoms with van der Waals surface area (Å²) in [5.41, 5.74) is 8.43. The Labute approximate surface area is 87.6 Å². The molecule has 2 aromatic rings. The number of rotatable bonds is 3. The number of aryl methyl sites for hydroxylation is 1. The number of para-hydroxylation sites is 1. The molecule has 2 N–H and O–H groups in total. The lowest BCUT2D eigenvalue weighted by Gasteiger charge is -2.08. The van der Waals surface area contributed by atoms with Crippen molar-refractivity contribution < 1.29 is 9.26 Å². The lowest BCUT2D eigenvalue weighted by molar-refractivity contribution is 0.306. The second kappa shape index (κ2) is 4.04. The maximum absolute atomic E-state index is 5.86. The highest BCUT2D eigenvalue weighted by Crippen LogP contribution is 2.25. The van der Waals surface area contributed by atoms with E-state index in [2.05, 4.69) is 5.16 Å². The number of anilines is 1. The first kappa shape index (κ1) is 9.58. The molecule has 1 aromatic carbocycles. The topological polar surface area (TPSA) is 61.3 Å². The second-order valence-electron chi connectivity index (χ2n) is 3.31. The quantitative estimate of drug-likeness (QED) is 0.778. The van der Waals surface area contributed by atoms with Gasteiger partial charge < -0.3 is 15.0 Å². The van der Waals surface area contributed by atoms with E-state index in [-0.39, 0.29) is 0 Å². The van der Waals surface area contributed by atoms with E-state index in [0.29, 0.717) is 18.0 Å². The molecule has 0 unspecified atom stereocenters. The van der Waals surface area contributed by atoms with Gasteiger partial charge in [0, 0.05) is 5.56 Å². The molecule has 0 saturated carbocycles. The van der Waals surface area contributed by atoms with Gasteiger partial charge >= 0.3 is 0 Å². The zero-order valence-electron chi connectivity index (χ0n) is 8.43. The summed E-state index contributed by atoms with van der Waals surface area (Å²) in [4.78, 5) is 0. The molecule has 0 spiro atoms. The van der Waals surface area contributed by atoms with Crippen molar-refractivity contribution in [3.05, 3.63) is 41.8 Å². The summed E-state index contributed by atoms with van der Waals surface area (Å²) in [6, 6.07) is 5.70. The van der Waals surface area contributed by atoms with Crippen LogP contribution in [-0.4, -0.2) is 5.16 Å². The van der Waals surface area contributed by atoms with Gasteiger partial charge in [-0.05, 0) is 18.6 Å². The van der Waals surface area contributed by atoms with Gasteiger partial charge in [-0.25, -0.2) is 0 Å². The Balaban J connectivity index is 2.08. The van der Waals surface area contributed by atoms with Crippen LogP contribution < -0.4 is 10.5 Å². The molecule has 0 radical (unpaired) electrons. The van der Waals surface area contributed by atoms with Crippen LogP contribution in [0, 0.1) is 6.92 Å². The molecular weight excluding hydrogens is 192 g/mol. The predicted octanol–water partition coefficient (Wildman–Crippen LogP) is 2.14. The molecule has 2 rings (SSSR count). The van der Waals surface area contributed by atoms with Gasteiger partial charge in [0.15, 0.2) is 0 Å². The van der Waals surface area contributed by atoms with Gasteiger partial charge in [0.25, 0.3) is 0 Å². The zero-order chi connectivity index (χ0) is 10.7. The van der Waals surface area contributed by atoms with Crippen LogP contribution in [0.2, 0.25) is 0 Å². The van der Waals surface area contributed by atoms with Gasteiger partial charge in [-0.2, -0.15) is 0 Å². The third-order valence-electron chi connectivity index (χ3n) is 2.16. The lowest BCUT2D eigenvalue weighted by atomic mass is 10.2. The molecule has 0 fully saturated rings. The Kier molecular flexibility index (Phi) is 2.58. The molecule has 1 aromatic heterocycles. The number of ether oxygens (including phenoxy) is 1. The lowest BCUT2D eigenvalue weighted by Crippen LogP contribution is -1.99. The third kappa shape index (κ3) is 2.10. The summed E-state index contributed by atoms with van der Waals surface area (Å²) in [6.07, 6.45) is 3.16. The van der Waals surface area contributed by atoms with Crippen molar-refractivity contribution in [2.45, 2.75) is 13.5 Å². The molecule has 0 aliphatic heterocycles. The van der Waals surface area contributed by atoms with E-state index in [1.165, 1.54) is 0 Å². The van der Waals surface area contributed by atoms with E-state index in [1.54, 1.807) is 12.5 Å².